The molecule has 0 bridgehead atoms. The van der Waals surface area contributed by atoms with Gasteiger partial charge in [-0.15, -0.1) is 0 Å². The predicted molar refractivity (Wildman–Crippen MR) is 66.2 cm³/mol. The quantitative estimate of drug-likeness (QED) is 0.462. The van der Waals surface area contributed by atoms with Gasteiger partial charge in [0, 0.05) is 14.1 Å². The van der Waals surface area contributed by atoms with Crippen LogP contribution in [0.2, 0.25) is 0 Å². The number of nitrogens with zero attached hydrogens (tertiary/aromatic N) is 2. The minimum Gasteiger partial charge on any atom is -0.319 e. The van der Waals surface area contributed by atoms with Crippen molar-refractivity contribution in [2.24, 2.45) is 0 Å². The molecule has 0 amide bonds. The molecule has 0 N–H and O–H groups in total. The van der Waals surface area contributed by atoms with Gasteiger partial charge in [0.05, 0.1) is 5.70 Å². The van der Waals surface area contributed by atoms with Gasteiger partial charge in [-0.05, 0) is 43.5 Å². The van der Waals surface area contributed by atoms with Gasteiger partial charge in [0.15, 0.2) is 5.11 Å². The molecule has 2 rings (SSSR count). The Bertz CT molecular complexity index is 325. The zero-order valence-electron chi connectivity index (χ0n) is 8.54. The van der Waals surface area contributed by atoms with E-state index in [-0.39, 0.29) is 0 Å². The van der Waals surface area contributed by atoms with Crippen molar-refractivity contribution in [2.75, 3.05) is 14.1 Å². The first-order chi connectivity index (χ1) is 6.63. The standard InChI is InChI=1S/C10H14N2S2/c1-11-8(7-5-3-4-6-7)9(13)12(2)10(11)14/h3-6H2,1-2H3. The van der Waals surface area contributed by atoms with E-state index in [2.05, 4.69) is 4.90 Å². The molecule has 76 valence electrons. The lowest BCUT2D eigenvalue weighted by Gasteiger charge is -2.13. The van der Waals surface area contributed by atoms with Gasteiger partial charge in [-0.1, -0.05) is 12.2 Å². The smallest absolute Gasteiger partial charge is 0.180 e. The zero-order valence-corrected chi connectivity index (χ0v) is 10.2. The lowest BCUT2D eigenvalue weighted by atomic mass is 10.1. The second-order valence-corrected chi connectivity index (χ2v) is 4.62. The molecular weight excluding hydrogens is 212 g/mol. The van der Waals surface area contributed by atoms with Crippen LogP contribution in [0.4, 0.5) is 0 Å². The van der Waals surface area contributed by atoms with Gasteiger partial charge in [0.1, 0.15) is 4.99 Å². The van der Waals surface area contributed by atoms with Crippen LogP contribution in [0.1, 0.15) is 25.7 Å². The van der Waals surface area contributed by atoms with Crippen molar-refractivity contribution >= 4 is 34.5 Å². The van der Waals surface area contributed by atoms with Crippen LogP contribution >= 0.6 is 24.4 Å². The van der Waals surface area contributed by atoms with Gasteiger partial charge < -0.3 is 9.80 Å². The summed E-state index contributed by atoms with van der Waals surface area (Å²) in [4.78, 5) is 4.87. The highest BCUT2D eigenvalue weighted by Gasteiger charge is 2.32. The third kappa shape index (κ3) is 1.37. The number of rotatable bonds is 0. The molecule has 1 aliphatic carbocycles. The minimum atomic E-state index is 0.824. The maximum atomic E-state index is 5.39. The Labute approximate surface area is 95.6 Å². The van der Waals surface area contributed by atoms with Gasteiger partial charge >= 0.3 is 0 Å². The highest BCUT2D eigenvalue weighted by Crippen LogP contribution is 2.32. The predicted octanol–water partition coefficient (Wildman–Crippen LogP) is 2.30. The van der Waals surface area contributed by atoms with E-state index < -0.39 is 0 Å². The highest BCUT2D eigenvalue weighted by atomic mass is 32.1. The fourth-order valence-corrected chi connectivity index (χ4v) is 2.74. The molecule has 1 saturated heterocycles. The average Bonchev–Trinajstić information content (AvgIpc) is 2.73. The summed E-state index contributed by atoms with van der Waals surface area (Å²) >= 11 is 10.7. The zero-order chi connectivity index (χ0) is 10.3. The van der Waals surface area contributed by atoms with E-state index >= 15 is 0 Å². The van der Waals surface area contributed by atoms with Gasteiger partial charge in [-0.25, -0.2) is 0 Å². The SMILES string of the molecule is CN1C(=S)C(=C2CCCC2)N(C)C1=S. The first-order valence-electron chi connectivity index (χ1n) is 4.90. The largest absolute Gasteiger partial charge is 0.319 e. The summed E-state index contributed by atoms with van der Waals surface area (Å²) in [5.41, 5.74) is 2.69. The lowest BCUT2D eigenvalue weighted by Crippen LogP contribution is -2.26. The van der Waals surface area contributed by atoms with Crippen LogP contribution in [-0.4, -0.2) is 34.0 Å². The normalized spacial score (nSPS) is 23.0. The van der Waals surface area contributed by atoms with E-state index in [0.717, 1.165) is 10.1 Å². The van der Waals surface area contributed by atoms with E-state index in [1.54, 1.807) is 0 Å². The van der Waals surface area contributed by atoms with Crippen molar-refractivity contribution in [3.63, 3.8) is 0 Å². The second kappa shape index (κ2) is 3.59. The first-order valence-corrected chi connectivity index (χ1v) is 5.72. The molecule has 14 heavy (non-hydrogen) atoms. The van der Waals surface area contributed by atoms with Crippen molar-refractivity contribution in [3.8, 4) is 0 Å². The van der Waals surface area contributed by atoms with Crippen molar-refractivity contribution in [3.05, 3.63) is 11.3 Å². The van der Waals surface area contributed by atoms with Gasteiger partial charge in [-0.3, -0.25) is 0 Å². The summed E-state index contributed by atoms with van der Waals surface area (Å²) in [7, 11) is 3.96. The molecule has 1 saturated carbocycles. The molecule has 0 aromatic carbocycles. The summed E-state index contributed by atoms with van der Waals surface area (Å²) in [5.74, 6) is 0. The van der Waals surface area contributed by atoms with E-state index in [4.69, 9.17) is 24.4 Å². The molecule has 0 aromatic heterocycles. The van der Waals surface area contributed by atoms with E-state index in [9.17, 15) is 0 Å². The fourth-order valence-electron chi connectivity index (χ4n) is 2.14. The summed E-state index contributed by atoms with van der Waals surface area (Å²) < 4.78 is 0. The van der Waals surface area contributed by atoms with Crippen molar-refractivity contribution in [1.82, 2.24) is 9.80 Å². The average molecular weight is 226 g/mol. The van der Waals surface area contributed by atoms with Crippen molar-refractivity contribution in [2.45, 2.75) is 25.7 Å². The molecule has 2 nitrogen and oxygen atoms in total. The molecule has 0 unspecified atom stereocenters. The molecule has 1 aliphatic heterocycles. The number of allylic oxidation sites excluding steroid dienone is 1. The topological polar surface area (TPSA) is 6.48 Å². The number of thiocarbonyl (C=S) groups is 2. The summed E-state index contributed by atoms with van der Waals surface area (Å²) in [6.45, 7) is 0. The van der Waals surface area contributed by atoms with Crippen molar-refractivity contribution < 1.29 is 0 Å². The van der Waals surface area contributed by atoms with Crippen LogP contribution in [-0.2, 0) is 0 Å². The van der Waals surface area contributed by atoms with E-state index in [1.807, 2.05) is 19.0 Å². The molecule has 2 fully saturated rings. The molecule has 4 heteroatoms. The Morgan fingerprint density at radius 1 is 1.00 bits per heavy atom. The highest BCUT2D eigenvalue weighted by molar-refractivity contribution is 7.82. The summed E-state index contributed by atoms with van der Waals surface area (Å²) in [6.07, 6.45) is 4.98. The van der Waals surface area contributed by atoms with Crippen LogP contribution < -0.4 is 0 Å². The molecule has 0 atom stereocenters. The van der Waals surface area contributed by atoms with E-state index in [1.165, 1.54) is 37.0 Å². The third-order valence-electron chi connectivity index (χ3n) is 2.96. The summed E-state index contributed by atoms with van der Waals surface area (Å²) in [5, 5.41) is 0.824. The van der Waals surface area contributed by atoms with Crippen LogP contribution in [0.5, 0.6) is 0 Å². The molecule has 0 aromatic rings. The van der Waals surface area contributed by atoms with Crippen LogP contribution in [0, 0.1) is 0 Å². The van der Waals surface area contributed by atoms with Gasteiger partial charge in [0.2, 0.25) is 0 Å². The Morgan fingerprint density at radius 3 is 2.00 bits per heavy atom. The third-order valence-corrected chi connectivity index (χ3v) is 3.97. The first kappa shape index (κ1) is 10.1. The Morgan fingerprint density at radius 2 is 1.57 bits per heavy atom. The number of hydrogen-bond donors (Lipinski definition) is 0. The maximum Gasteiger partial charge on any atom is 0.180 e. The van der Waals surface area contributed by atoms with Gasteiger partial charge in [-0.2, -0.15) is 0 Å². The number of hydrogen-bond acceptors (Lipinski definition) is 2. The molecule has 1 heterocycles. The van der Waals surface area contributed by atoms with Gasteiger partial charge in [0.25, 0.3) is 0 Å². The van der Waals surface area contributed by atoms with Crippen LogP contribution in [0.25, 0.3) is 0 Å². The maximum absolute atomic E-state index is 5.39. The Hall–Kier alpha value is -0.480. The minimum absolute atomic E-state index is 0.824. The lowest BCUT2D eigenvalue weighted by molar-refractivity contribution is 0.634. The van der Waals surface area contributed by atoms with E-state index in [0.29, 0.717) is 0 Å². The Balaban J connectivity index is 2.40. The molecule has 0 radical (unpaired) electrons. The number of likely N-dealkylation sites (N-methyl/N-ethyl adjacent to an activating group) is 2. The second-order valence-electron chi connectivity index (χ2n) is 3.87. The summed E-state index contributed by atoms with van der Waals surface area (Å²) in [6, 6.07) is 0. The Kier molecular flexibility index (Phi) is 2.58. The molecule has 0 spiro atoms. The van der Waals surface area contributed by atoms with Crippen LogP contribution in [0.15, 0.2) is 11.3 Å². The van der Waals surface area contributed by atoms with Crippen molar-refractivity contribution in [1.29, 1.82) is 0 Å². The van der Waals surface area contributed by atoms with Crippen LogP contribution in [0.3, 0.4) is 0 Å². The fraction of sp³-hybridized carbons (Fsp3) is 0.600. The monoisotopic (exact) mass is 226 g/mol. The molecular formula is C10H14N2S2. The molecule has 2 aliphatic rings.